The third kappa shape index (κ3) is 4.01. The van der Waals surface area contributed by atoms with E-state index in [4.69, 9.17) is 5.73 Å². The highest BCUT2D eigenvalue weighted by atomic mass is 35.5. The number of nitrogens with two attached hydrogens (primary N) is 1. The van der Waals surface area contributed by atoms with Crippen molar-refractivity contribution in [1.29, 1.82) is 0 Å². The van der Waals surface area contributed by atoms with Crippen molar-refractivity contribution < 1.29 is 18.0 Å². The Balaban J connectivity index is 0.00000243. The van der Waals surface area contributed by atoms with Gasteiger partial charge in [-0.2, -0.15) is 13.2 Å². The van der Waals surface area contributed by atoms with Gasteiger partial charge in [-0.25, -0.2) is 0 Å². The van der Waals surface area contributed by atoms with Gasteiger partial charge in [0.2, 0.25) is 5.91 Å². The molecule has 3 nitrogen and oxygen atoms in total. The molecule has 3 rings (SSSR count). The SMILES string of the molecule is Cl.NCC1CCN(C(=O)C2(c3cccc(C(F)(F)F)c3)CCCCC2)C1. The zero-order valence-corrected chi connectivity index (χ0v) is 15.5. The van der Waals surface area contributed by atoms with Crippen LogP contribution < -0.4 is 5.73 Å². The molecule has 1 amide bonds. The number of rotatable bonds is 3. The predicted octanol–water partition coefficient (Wildman–Crippen LogP) is 4.14. The van der Waals surface area contributed by atoms with E-state index in [-0.39, 0.29) is 18.3 Å². The first-order chi connectivity index (χ1) is 11.9. The van der Waals surface area contributed by atoms with Crippen molar-refractivity contribution in [1.82, 2.24) is 4.90 Å². The molecule has 2 aliphatic rings. The molecule has 0 aromatic heterocycles. The Morgan fingerprint density at radius 2 is 1.92 bits per heavy atom. The molecule has 0 bridgehead atoms. The van der Waals surface area contributed by atoms with Crippen molar-refractivity contribution in [2.75, 3.05) is 19.6 Å². The highest BCUT2D eigenvalue weighted by molar-refractivity contribution is 5.88. The van der Waals surface area contributed by atoms with Crippen LogP contribution in [0.25, 0.3) is 0 Å². The zero-order valence-electron chi connectivity index (χ0n) is 14.7. The summed E-state index contributed by atoms with van der Waals surface area (Å²) in [6.45, 7) is 1.82. The van der Waals surface area contributed by atoms with Crippen molar-refractivity contribution in [2.24, 2.45) is 11.7 Å². The molecule has 1 heterocycles. The maximum Gasteiger partial charge on any atom is 0.416 e. The van der Waals surface area contributed by atoms with Gasteiger partial charge in [0.05, 0.1) is 11.0 Å². The number of hydrogen-bond donors (Lipinski definition) is 1. The van der Waals surface area contributed by atoms with Crippen LogP contribution in [0.2, 0.25) is 0 Å². The van der Waals surface area contributed by atoms with Crippen LogP contribution in [-0.4, -0.2) is 30.4 Å². The quantitative estimate of drug-likeness (QED) is 0.843. The lowest BCUT2D eigenvalue weighted by Crippen LogP contribution is -2.47. The van der Waals surface area contributed by atoms with Crippen molar-refractivity contribution >= 4 is 18.3 Å². The molecule has 1 saturated heterocycles. The Morgan fingerprint density at radius 1 is 1.23 bits per heavy atom. The fraction of sp³-hybridized carbons (Fsp3) is 0.632. The maximum atomic E-state index is 13.3. The van der Waals surface area contributed by atoms with Gasteiger partial charge in [-0.05, 0) is 43.4 Å². The predicted molar refractivity (Wildman–Crippen MR) is 97.2 cm³/mol. The Labute approximate surface area is 158 Å². The van der Waals surface area contributed by atoms with Crippen LogP contribution in [0.4, 0.5) is 13.2 Å². The first-order valence-corrected chi connectivity index (χ1v) is 9.04. The van der Waals surface area contributed by atoms with Crippen molar-refractivity contribution in [3.63, 3.8) is 0 Å². The number of halogens is 4. The van der Waals surface area contributed by atoms with Gasteiger partial charge in [-0.15, -0.1) is 12.4 Å². The van der Waals surface area contributed by atoms with Crippen LogP contribution in [-0.2, 0) is 16.4 Å². The Hall–Kier alpha value is -1.27. The van der Waals surface area contributed by atoms with Gasteiger partial charge < -0.3 is 10.6 Å². The van der Waals surface area contributed by atoms with E-state index in [1.165, 1.54) is 12.1 Å². The molecule has 1 saturated carbocycles. The van der Waals surface area contributed by atoms with Gasteiger partial charge >= 0.3 is 6.18 Å². The minimum Gasteiger partial charge on any atom is -0.342 e. The summed E-state index contributed by atoms with van der Waals surface area (Å²) in [5.41, 5.74) is 4.75. The van der Waals surface area contributed by atoms with Crippen LogP contribution in [0.3, 0.4) is 0 Å². The second-order valence-corrected chi connectivity index (χ2v) is 7.36. The standard InChI is InChI=1S/C19H25F3N2O.ClH/c20-19(21,22)16-6-4-5-15(11-16)18(8-2-1-3-9-18)17(25)24-10-7-14(12-23)13-24;/h4-6,11,14H,1-3,7-10,12-13,23H2;1H. The summed E-state index contributed by atoms with van der Waals surface area (Å²) in [4.78, 5) is 15.2. The van der Waals surface area contributed by atoms with Crippen molar-refractivity contribution in [2.45, 2.75) is 50.1 Å². The Kier molecular flexibility index (Phi) is 6.61. The maximum absolute atomic E-state index is 13.3. The number of amides is 1. The van der Waals surface area contributed by atoms with Gasteiger partial charge in [0.1, 0.15) is 0 Å². The largest absolute Gasteiger partial charge is 0.416 e. The first kappa shape index (κ1) is 21.0. The second-order valence-electron chi connectivity index (χ2n) is 7.36. The van der Waals surface area contributed by atoms with Gasteiger partial charge in [0.15, 0.2) is 0 Å². The lowest BCUT2D eigenvalue weighted by atomic mass is 9.68. The van der Waals surface area contributed by atoms with Gasteiger partial charge in [-0.1, -0.05) is 37.5 Å². The molecule has 146 valence electrons. The number of likely N-dealkylation sites (tertiary alicyclic amines) is 1. The van der Waals surface area contributed by atoms with E-state index < -0.39 is 17.2 Å². The molecular weight excluding hydrogens is 365 g/mol. The lowest BCUT2D eigenvalue weighted by Gasteiger charge is -2.39. The number of carbonyl (C=O) groups excluding carboxylic acids is 1. The first-order valence-electron chi connectivity index (χ1n) is 9.04. The summed E-state index contributed by atoms with van der Waals surface area (Å²) in [5, 5.41) is 0. The highest BCUT2D eigenvalue weighted by Gasteiger charge is 2.45. The summed E-state index contributed by atoms with van der Waals surface area (Å²) < 4.78 is 39.4. The molecule has 1 aromatic carbocycles. The molecule has 1 atom stereocenters. The molecule has 0 spiro atoms. The van der Waals surface area contributed by atoms with Gasteiger partial charge in [-0.3, -0.25) is 4.79 Å². The number of alkyl halides is 3. The number of nitrogens with zero attached hydrogens (tertiary/aromatic N) is 1. The topological polar surface area (TPSA) is 46.3 Å². The van der Waals surface area contributed by atoms with Crippen LogP contribution in [0.5, 0.6) is 0 Å². The van der Waals surface area contributed by atoms with E-state index in [9.17, 15) is 18.0 Å². The minimum absolute atomic E-state index is 0. The van der Waals surface area contributed by atoms with Crippen LogP contribution in [0, 0.1) is 5.92 Å². The third-order valence-electron chi connectivity index (χ3n) is 5.77. The molecule has 0 radical (unpaired) electrons. The lowest BCUT2D eigenvalue weighted by molar-refractivity contribution is -0.140. The fourth-order valence-electron chi connectivity index (χ4n) is 4.29. The van der Waals surface area contributed by atoms with E-state index in [1.807, 2.05) is 4.90 Å². The summed E-state index contributed by atoms with van der Waals surface area (Å²) in [7, 11) is 0. The molecule has 1 unspecified atom stereocenters. The summed E-state index contributed by atoms with van der Waals surface area (Å²) in [6.07, 6.45) is 0.494. The monoisotopic (exact) mass is 390 g/mol. The normalized spacial score (nSPS) is 22.8. The number of hydrogen-bond acceptors (Lipinski definition) is 2. The van der Waals surface area contributed by atoms with Crippen molar-refractivity contribution in [3.05, 3.63) is 35.4 Å². The fourth-order valence-corrected chi connectivity index (χ4v) is 4.29. The second kappa shape index (κ2) is 8.17. The van der Waals surface area contributed by atoms with Gasteiger partial charge in [0, 0.05) is 13.1 Å². The third-order valence-corrected chi connectivity index (χ3v) is 5.77. The van der Waals surface area contributed by atoms with Crippen LogP contribution in [0.15, 0.2) is 24.3 Å². The average molecular weight is 391 g/mol. The van der Waals surface area contributed by atoms with E-state index in [0.717, 1.165) is 31.7 Å². The zero-order chi connectivity index (χ0) is 18.1. The Morgan fingerprint density at radius 3 is 2.50 bits per heavy atom. The molecule has 7 heteroatoms. The van der Waals surface area contributed by atoms with Crippen LogP contribution in [0.1, 0.15) is 49.7 Å². The van der Waals surface area contributed by atoms with Crippen LogP contribution >= 0.6 is 12.4 Å². The minimum atomic E-state index is -4.40. The Bertz CT molecular complexity index is 629. The van der Waals surface area contributed by atoms with E-state index in [1.54, 1.807) is 6.07 Å². The molecule has 1 aromatic rings. The van der Waals surface area contributed by atoms with Crippen molar-refractivity contribution in [3.8, 4) is 0 Å². The van der Waals surface area contributed by atoms with E-state index >= 15 is 0 Å². The average Bonchev–Trinajstić information content (AvgIpc) is 3.10. The molecular formula is C19H26ClF3N2O. The molecule has 2 N–H and O–H groups in total. The van der Waals surface area contributed by atoms with E-state index in [0.29, 0.717) is 44.0 Å². The molecule has 1 aliphatic heterocycles. The number of benzene rings is 1. The summed E-state index contributed by atoms with van der Waals surface area (Å²) in [5.74, 6) is 0.286. The number of carbonyl (C=O) groups is 1. The highest BCUT2D eigenvalue weighted by Crippen LogP contribution is 2.43. The van der Waals surface area contributed by atoms with E-state index in [2.05, 4.69) is 0 Å². The summed E-state index contributed by atoms with van der Waals surface area (Å²) in [6, 6.07) is 5.37. The summed E-state index contributed by atoms with van der Waals surface area (Å²) >= 11 is 0. The molecule has 2 fully saturated rings. The van der Waals surface area contributed by atoms with Gasteiger partial charge in [0.25, 0.3) is 0 Å². The molecule has 1 aliphatic carbocycles. The molecule has 26 heavy (non-hydrogen) atoms. The smallest absolute Gasteiger partial charge is 0.342 e.